The largest absolute Gasteiger partial charge is 0.360 e. The summed E-state index contributed by atoms with van der Waals surface area (Å²) in [5.74, 6) is 1.42. The van der Waals surface area contributed by atoms with Crippen LogP contribution in [0.4, 0.5) is 0 Å². The maximum atomic E-state index is 13.1. The summed E-state index contributed by atoms with van der Waals surface area (Å²) in [6, 6.07) is 10.2. The Kier molecular flexibility index (Phi) is 5.51. The molecule has 1 aliphatic heterocycles. The van der Waals surface area contributed by atoms with Gasteiger partial charge in [0.2, 0.25) is 10.0 Å². The molecule has 1 fully saturated rings. The molecule has 0 radical (unpaired) electrons. The van der Waals surface area contributed by atoms with E-state index in [1.165, 1.54) is 5.56 Å². The van der Waals surface area contributed by atoms with Gasteiger partial charge in [0.15, 0.2) is 5.76 Å². The number of rotatable bonds is 6. The zero-order valence-corrected chi connectivity index (χ0v) is 17.5. The highest BCUT2D eigenvalue weighted by atomic mass is 32.2. The highest BCUT2D eigenvalue weighted by Crippen LogP contribution is 2.28. The minimum atomic E-state index is -3.62. The first-order chi connectivity index (χ1) is 13.9. The summed E-state index contributed by atoms with van der Waals surface area (Å²) in [6.07, 6.45) is 4.22. The molecule has 2 aromatic heterocycles. The maximum Gasteiger partial charge on any atom is 0.248 e. The van der Waals surface area contributed by atoms with Gasteiger partial charge < -0.3 is 9.09 Å². The lowest BCUT2D eigenvalue weighted by molar-refractivity contribution is 0.261. The van der Waals surface area contributed by atoms with Crippen molar-refractivity contribution in [1.29, 1.82) is 0 Å². The lowest BCUT2D eigenvalue weighted by atomic mass is 9.96. The van der Waals surface area contributed by atoms with Gasteiger partial charge in [-0.3, -0.25) is 0 Å². The average Bonchev–Trinajstić information content (AvgIpc) is 3.29. The summed E-state index contributed by atoms with van der Waals surface area (Å²) in [7, 11) is -3.62. The summed E-state index contributed by atoms with van der Waals surface area (Å²) >= 11 is 0. The van der Waals surface area contributed by atoms with Crippen molar-refractivity contribution in [3.05, 3.63) is 59.5 Å². The topological polar surface area (TPSA) is 94.1 Å². The fourth-order valence-corrected chi connectivity index (χ4v) is 5.84. The number of hydrogen-bond acceptors (Lipinski definition) is 6. The van der Waals surface area contributed by atoms with Gasteiger partial charge in [-0.2, -0.15) is 4.31 Å². The molecular formula is C20H25N5O3S. The zero-order valence-electron chi connectivity index (χ0n) is 16.7. The highest BCUT2D eigenvalue weighted by molar-refractivity contribution is 7.89. The second-order valence-corrected chi connectivity index (χ2v) is 9.46. The summed E-state index contributed by atoms with van der Waals surface area (Å²) < 4.78 is 35.0. The number of aryl methyl sites for hydroxylation is 2. The summed E-state index contributed by atoms with van der Waals surface area (Å²) in [6.45, 7) is 4.98. The molecule has 1 atom stereocenters. The number of aromatic nitrogens is 4. The lowest BCUT2D eigenvalue weighted by Crippen LogP contribution is -2.41. The van der Waals surface area contributed by atoms with Crippen molar-refractivity contribution in [2.45, 2.75) is 44.6 Å². The highest BCUT2D eigenvalue weighted by Gasteiger charge is 2.34. The van der Waals surface area contributed by atoms with Gasteiger partial charge >= 0.3 is 0 Å². The molecule has 1 aliphatic rings. The minimum absolute atomic E-state index is 0.192. The van der Waals surface area contributed by atoms with E-state index < -0.39 is 10.0 Å². The van der Waals surface area contributed by atoms with Crippen molar-refractivity contribution >= 4 is 10.0 Å². The van der Waals surface area contributed by atoms with Crippen molar-refractivity contribution in [1.82, 2.24) is 24.2 Å². The van der Waals surface area contributed by atoms with Crippen LogP contribution in [0.15, 0.2) is 46.1 Å². The van der Waals surface area contributed by atoms with Crippen LogP contribution in [0, 0.1) is 19.8 Å². The molecule has 3 heterocycles. The molecule has 1 aromatic carbocycles. The Bertz CT molecular complexity index is 1060. The van der Waals surface area contributed by atoms with Crippen LogP contribution in [0.25, 0.3) is 0 Å². The molecule has 0 N–H and O–H groups in total. The summed E-state index contributed by atoms with van der Waals surface area (Å²) in [5.41, 5.74) is 1.59. The number of nitrogens with zero attached hydrogens (tertiary/aromatic N) is 5. The molecule has 154 valence electrons. The van der Waals surface area contributed by atoms with Crippen molar-refractivity contribution in [3.8, 4) is 0 Å². The van der Waals surface area contributed by atoms with Gasteiger partial charge in [0.25, 0.3) is 0 Å². The van der Waals surface area contributed by atoms with Crippen LogP contribution < -0.4 is 0 Å². The first-order valence-electron chi connectivity index (χ1n) is 9.79. The van der Waals surface area contributed by atoms with E-state index in [1.54, 1.807) is 24.5 Å². The van der Waals surface area contributed by atoms with E-state index in [0.717, 1.165) is 18.7 Å². The molecule has 1 unspecified atom stereocenters. The third-order valence-electron chi connectivity index (χ3n) is 5.41. The van der Waals surface area contributed by atoms with Crippen molar-refractivity contribution in [2.24, 2.45) is 5.92 Å². The second-order valence-electron chi connectivity index (χ2n) is 7.59. The Hall–Kier alpha value is -2.52. The SMILES string of the molecule is Cc1noc(C)c1S(=O)(=O)N1CCCC(Cc2nncn2Cc2ccccc2)C1. The third-order valence-corrected chi connectivity index (χ3v) is 7.52. The number of sulfonamides is 1. The van der Waals surface area contributed by atoms with Crippen molar-refractivity contribution in [2.75, 3.05) is 13.1 Å². The quantitative estimate of drug-likeness (QED) is 0.614. The Morgan fingerprint density at radius 3 is 2.72 bits per heavy atom. The normalized spacial score (nSPS) is 18.2. The smallest absolute Gasteiger partial charge is 0.248 e. The molecular weight excluding hydrogens is 390 g/mol. The van der Waals surface area contributed by atoms with Crippen LogP contribution >= 0.6 is 0 Å². The van der Waals surface area contributed by atoms with Gasteiger partial charge in [0, 0.05) is 19.5 Å². The van der Waals surface area contributed by atoms with Gasteiger partial charge in [-0.05, 0) is 38.2 Å². The van der Waals surface area contributed by atoms with E-state index in [-0.39, 0.29) is 10.8 Å². The van der Waals surface area contributed by atoms with Crippen LogP contribution in [0.2, 0.25) is 0 Å². The summed E-state index contributed by atoms with van der Waals surface area (Å²) in [5, 5.41) is 12.2. The first-order valence-corrected chi connectivity index (χ1v) is 11.2. The van der Waals surface area contributed by atoms with Crippen molar-refractivity contribution in [3.63, 3.8) is 0 Å². The maximum absolute atomic E-state index is 13.1. The lowest BCUT2D eigenvalue weighted by Gasteiger charge is -2.31. The molecule has 8 nitrogen and oxygen atoms in total. The fraction of sp³-hybridized carbons (Fsp3) is 0.450. The molecule has 0 saturated carbocycles. The molecule has 0 amide bonds. The van der Waals surface area contributed by atoms with Crippen LogP contribution in [0.5, 0.6) is 0 Å². The standard InChI is InChI=1S/C20H25N5O3S/c1-15-20(16(2)28-23-15)29(26,27)25-10-6-9-18(13-25)11-19-22-21-14-24(19)12-17-7-4-3-5-8-17/h3-5,7-8,14,18H,6,9-13H2,1-2H3. The Balaban J connectivity index is 1.48. The van der Waals surface area contributed by atoms with Gasteiger partial charge in [0.1, 0.15) is 22.7 Å². The zero-order chi connectivity index (χ0) is 20.4. The average molecular weight is 416 g/mol. The van der Waals surface area contributed by atoms with E-state index >= 15 is 0 Å². The molecule has 0 spiro atoms. The predicted octanol–water partition coefficient (Wildman–Crippen LogP) is 2.57. The van der Waals surface area contributed by atoms with Gasteiger partial charge in [0.05, 0.1) is 6.54 Å². The van der Waals surface area contributed by atoms with Gasteiger partial charge in [-0.1, -0.05) is 35.5 Å². The van der Waals surface area contributed by atoms with E-state index in [9.17, 15) is 8.42 Å². The fourth-order valence-electron chi connectivity index (χ4n) is 3.99. The molecule has 29 heavy (non-hydrogen) atoms. The monoisotopic (exact) mass is 415 g/mol. The van der Waals surface area contributed by atoms with E-state index in [0.29, 0.717) is 37.5 Å². The number of hydrogen-bond donors (Lipinski definition) is 0. The Morgan fingerprint density at radius 2 is 2.00 bits per heavy atom. The van der Waals surface area contributed by atoms with E-state index in [2.05, 4.69) is 27.5 Å². The number of benzene rings is 1. The molecule has 3 aromatic rings. The molecule has 4 rings (SSSR count). The van der Waals surface area contributed by atoms with Crippen LogP contribution in [0.3, 0.4) is 0 Å². The Labute approximate surface area is 170 Å². The molecule has 1 saturated heterocycles. The minimum Gasteiger partial charge on any atom is -0.360 e. The van der Waals surface area contributed by atoms with Crippen molar-refractivity contribution < 1.29 is 12.9 Å². The Morgan fingerprint density at radius 1 is 1.21 bits per heavy atom. The van der Waals surface area contributed by atoms with Gasteiger partial charge in [-0.15, -0.1) is 10.2 Å². The van der Waals surface area contributed by atoms with Gasteiger partial charge in [-0.25, -0.2) is 8.42 Å². The van der Waals surface area contributed by atoms with E-state index in [4.69, 9.17) is 4.52 Å². The molecule has 9 heteroatoms. The predicted molar refractivity (Wildman–Crippen MR) is 107 cm³/mol. The van der Waals surface area contributed by atoms with Crippen LogP contribution in [-0.4, -0.2) is 45.7 Å². The molecule has 0 aliphatic carbocycles. The summed E-state index contributed by atoms with van der Waals surface area (Å²) in [4.78, 5) is 0.199. The van der Waals surface area contributed by atoms with Crippen LogP contribution in [0.1, 0.15) is 35.7 Å². The molecule has 0 bridgehead atoms. The van der Waals surface area contributed by atoms with E-state index in [1.807, 2.05) is 22.8 Å². The third kappa shape index (κ3) is 4.11. The second kappa shape index (κ2) is 8.08. The number of piperidine rings is 1. The first kappa shape index (κ1) is 19.8. The van der Waals surface area contributed by atoms with Crippen LogP contribution in [-0.2, 0) is 23.0 Å².